The molecule has 212 valence electrons. The Morgan fingerprint density at radius 2 is 1.64 bits per heavy atom. The maximum absolute atomic E-state index is 13.9. The molecule has 0 aliphatic heterocycles. The van der Waals surface area contributed by atoms with Gasteiger partial charge in [0, 0.05) is 29.7 Å². The third-order valence-electron chi connectivity index (χ3n) is 6.50. The second-order valence-electron chi connectivity index (χ2n) is 9.46. The topological polar surface area (TPSA) is 107 Å². The van der Waals surface area contributed by atoms with Gasteiger partial charge in [-0.1, -0.05) is 48.5 Å². The first-order valence-corrected chi connectivity index (χ1v) is 13.1. The van der Waals surface area contributed by atoms with Crippen LogP contribution in [0.2, 0.25) is 0 Å². The van der Waals surface area contributed by atoms with Gasteiger partial charge in [0.15, 0.2) is 6.73 Å². The monoisotopic (exact) mass is 566 g/mol. The smallest absolute Gasteiger partial charge is 0.296 e. The molecular formula is C32H27FN4O5. The van der Waals surface area contributed by atoms with Crippen LogP contribution in [0.25, 0.3) is 10.9 Å². The van der Waals surface area contributed by atoms with E-state index in [1.54, 1.807) is 30.3 Å². The SMILES string of the molecule is O=C(NCO[N+](=O)[O-])c1ccc(CN(Cc2cccc(F)c2)c2ccc(OCc3ccc4ccccc4n3)cc2)cc1. The fourth-order valence-corrected chi connectivity index (χ4v) is 4.43. The normalized spacial score (nSPS) is 10.7. The van der Waals surface area contributed by atoms with Crippen molar-refractivity contribution >= 4 is 22.5 Å². The van der Waals surface area contributed by atoms with Crippen LogP contribution in [0.1, 0.15) is 27.2 Å². The highest BCUT2D eigenvalue weighted by Crippen LogP contribution is 2.25. The fraction of sp³-hybridized carbons (Fsp3) is 0.125. The maximum atomic E-state index is 13.9. The summed E-state index contributed by atoms with van der Waals surface area (Å²) in [6, 6.07) is 32.9. The molecule has 5 rings (SSSR count). The zero-order chi connectivity index (χ0) is 29.3. The standard InChI is InChI=1S/C32H27FN4O5/c33-27-6-3-4-24(18-27)20-36(19-23-8-10-26(11-9-23)32(38)34-22-42-37(39)40)29-14-16-30(17-15-29)41-21-28-13-12-25-5-1-2-7-31(25)35-28/h1-18H,19-22H2,(H,34,38). The average molecular weight is 567 g/mol. The minimum atomic E-state index is -0.975. The number of rotatable bonds is 12. The number of ether oxygens (including phenoxy) is 1. The molecule has 0 spiro atoms. The predicted octanol–water partition coefficient (Wildman–Crippen LogP) is 6.06. The summed E-state index contributed by atoms with van der Waals surface area (Å²) >= 11 is 0. The summed E-state index contributed by atoms with van der Waals surface area (Å²) in [6.07, 6.45) is 0. The first kappa shape index (κ1) is 28.0. The van der Waals surface area contributed by atoms with Gasteiger partial charge in [0.05, 0.1) is 11.2 Å². The second kappa shape index (κ2) is 13.2. The number of aromatic nitrogens is 1. The summed E-state index contributed by atoms with van der Waals surface area (Å²) in [4.78, 5) is 33.4. The van der Waals surface area contributed by atoms with Crippen LogP contribution >= 0.6 is 0 Å². The van der Waals surface area contributed by atoms with E-state index >= 15 is 0 Å². The van der Waals surface area contributed by atoms with Crippen LogP contribution in [-0.4, -0.2) is 22.7 Å². The molecule has 0 aliphatic carbocycles. The van der Waals surface area contributed by atoms with Crippen molar-refractivity contribution in [2.75, 3.05) is 11.6 Å². The van der Waals surface area contributed by atoms with Crippen molar-refractivity contribution in [1.82, 2.24) is 10.3 Å². The zero-order valence-electron chi connectivity index (χ0n) is 22.5. The number of nitrogens with zero attached hydrogens (tertiary/aromatic N) is 3. The summed E-state index contributed by atoms with van der Waals surface area (Å²) in [5, 5.41) is 12.7. The summed E-state index contributed by atoms with van der Waals surface area (Å²) < 4.78 is 19.9. The van der Waals surface area contributed by atoms with Gasteiger partial charge in [0.1, 0.15) is 18.2 Å². The lowest BCUT2D eigenvalue weighted by atomic mass is 10.1. The number of para-hydroxylation sites is 1. The van der Waals surface area contributed by atoms with Crippen LogP contribution < -0.4 is 15.0 Å². The van der Waals surface area contributed by atoms with Crippen LogP contribution in [0.15, 0.2) is 109 Å². The number of pyridine rings is 1. The molecule has 0 bridgehead atoms. The molecule has 42 heavy (non-hydrogen) atoms. The lowest BCUT2D eigenvalue weighted by molar-refractivity contribution is -0.758. The van der Waals surface area contributed by atoms with Gasteiger partial charge in [-0.15, -0.1) is 10.1 Å². The van der Waals surface area contributed by atoms with Crippen molar-refractivity contribution in [2.45, 2.75) is 19.7 Å². The van der Waals surface area contributed by atoms with Gasteiger partial charge in [0.25, 0.3) is 11.0 Å². The largest absolute Gasteiger partial charge is 0.487 e. The fourth-order valence-electron chi connectivity index (χ4n) is 4.43. The van der Waals surface area contributed by atoms with Crippen molar-refractivity contribution < 1.29 is 23.8 Å². The Kier molecular flexibility index (Phi) is 8.83. The predicted molar refractivity (Wildman–Crippen MR) is 156 cm³/mol. The van der Waals surface area contributed by atoms with E-state index in [4.69, 9.17) is 4.74 Å². The van der Waals surface area contributed by atoms with E-state index in [1.165, 1.54) is 12.1 Å². The maximum Gasteiger partial charge on any atom is 0.296 e. The summed E-state index contributed by atoms with van der Waals surface area (Å²) in [7, 11) is 0. The number of halogens is 1. The molecule has 0 saturated carbocycles. The van der Waals surface area contributed by atoms with Gasteiger partial charge in [0.2, 0.25) is 0 Å². The first-order chi connectivity index (χ1) is 20.4. The molecule has 10 heteroatoms. The second-order valence-corrected chi connectivity index (χ2v) is 9.46. The van der Waals surface area contributed by atoms with Crippen LogP contribution in [0, 0.1) is 15.9 Å². The number of nitrogens with one attached hydrogen (secondary N) is 1. The van der Waals surface area contributed by atoms with Crippen molar-refractivity contribution in [3.63, 3.8) is 0 Å². The molecule has 1 heterocycles. The number of fused-ring (bicyclic) bond motifs is 1. The van der Waals surface area contributed by atoms with Gasteiger partial charge in [-0.05, 0) is 71.8 Å². The quantitative estimate of drug-likeness (QED) is 0.111. The van der Waals surface area contributed by atoms with Gasteiger partial charge in [-0.2, -0.15) is 0 Å². The number of carbonyl (C=O) groups excluding carboxylic acids is 1. The number of benzene rings is 4. The van der Waals surface area contributed by atoms with E-state index < -0.39 is 17.7 Å². The molecule has 0 fully saturated rings. The summed E-state index contributed by atoms with van der Waals surface area (Å²) in [5.41, 5.74) is 4.69. The van der Waals surface area contributed by atoms with Crippen LogP contribution in [0.3, 0.4) is 0 Å². The lowest BCUT2D eigenvalue weighted by Gasteiger charge is -2.26. The molecule has 1 N–H and O–H groups in total. The Balaban J connectivity index is 1.27. The lowest BCUT2D eigenvalue weighted by Crippen LogP contribution is -2.27. The number of hydrogen-bond donors (Lipinski definition) is 1. The molecule has 0 radical (unpaired) electrons. The average Bonchev–Trinajstić information content (AvgIpc) is 3.00. The summed E-state index contributed by atoms with van der Waals surface area (Å²) in [5.74, 6) is -0.111. The number of hydrogen-bond acceptors (Lipinski definition) is 7. The molecule has 0 saturated heterocycles. The molecule has 0 unspecified atom stereocenters. The van der Waals surface area contributed by atoms with Gasteiger partial charge >= 0.3 is 0 Å². The minimum absolute atomic E-state index is 0.310. The van der Waals surface area contributed by atoms with E-state index in [-0.39, 0.29) is 5.82 Å². The van der Waals surface area contributed by atoms with Crippen LogP contribution in [0.5, 0.6) is 5.75 Å². The van der Waals surface area contributed by atoms with Crippen molar-refractivity contribution in [2.24, 2.45) is 0 Å². The highest BCUT2D eigenvalue weighted by molar-refractivity contribution is 5.94. The molecule has 0 atom stereocenters. The Morgan fingerprint density at radius 3 is 2.40 bits per heavy atom. The van der Waals surface area contributed by atoms with Gasteiger partial charge in [-0.3, -0.25) is 9.63 Å². The molecule has 1 amide bonds. The first-order valence-electron chi connectivity index (χ1n) is 13.1. The van der Waals surface area contributed by atoms with Crippen LogP contribution in [0.4, 0.5) is 10.1 Å². The Labute approximate surface area is 241 Å². The van der Waals surface area contributed by atoms with Crippen molar-refractivity contribution in [3.05, 3.63) is 148 Å². The van der Waals surface area contributed by atoms with E-state index in [2.05, 4.69) is 20.0 Å². The molecular weight excluding hydrogens is 539 g/mol. The van der Waals surface area contributed by atoms with Crippen molar-refractivity contribution in [3.8, 4) is 5.75 Å². The van der Waals surface area contributed by atoms with Gasteiger partial charge in [-0.25, -0.2) is 9.37 Å². The number of anilines is 1. The third kappa shape index (κ3) is 7.57. The third-order valence-corrected chi connectivity index (χ3v) is 6.50. The van der Waals surface area contributed by atoms with E-state index in [9.17, 15) is 19.3 Å². The highest BCUT2D eigenvalue weighted by Gasteiger charge is 2.12. The molecule has 9 nitrogen and oxygen atoms in total. The number of amides is 1. The Morgan fingerprint density at radius 1 is 0.881 bits per heavy atom. The van der Waals surface area contributed by atoms with E-state index in [0.717, 1.165) is 33.4 Å². The molecule has 1 aromatic heterocycles. The van der Waals surface area contributed by atoms with E-state index in [0.29, 0.717) is 31.0 Å². The van der Waals surface area contributed by atoms with E-state index in [1.807, 2.05) is 66.7 Å². The summed E-state index contributed by atoms with van der Waals surface area (Å²) in [6.45, 7) is 0.715. The molecule has 4 aromatic carbocycles. The van der Waals surface area contributed by atoms with Gasteiger partial charge < -0.3 is 15.0 Å². The Hall–Kier alpha value is -5.51. The zero-order valence-corrected chi connectivity index (χ0v) is 22.5. The molecule has 5 aromatic rings. The highest BCUT2D eigenvalue weighted by atomic mass is 19.1. The van der Waals surface area contributed by atoms with Crippen LogP contribution in [-0.2, 0) is 24.5 Å². The minimum Gasteiger partial charge on any atom is -0.487 e. The molecule has 0 aliphatic rings. The Bertz CT molecular complexity index is 1680. The number of carbonyl (C=O) groups is 1. The van der Waals surface area contributed by atoms with Crippen molar-refractivity contribution in [1.29, 1.82) is 0 Å².